The molecular formula is C16H15Cl3N2O2. The van der Waals surface area contributed by atoms with E-state index in [1.165, 1.54) is 12.1 Å². The molecule has 4 nitrogen and oxygen atoms in total. The van der Waals surface area contributed by atoms with Crippen molar-refractivity contribution in [1.82, 2.24) is 0 Å². The predicted molar refractivity (Wildman–Crippen MR) is 96.4 cm³/mol. The van der Waals surface area contributed by atoms with E-state index in [0.717, 1.165) is 5.69 Å². The summed E-state index contributed by atoms with van der Waals surface area (Å²) in [5.74, 6) is 0.00362. The molecule has 23 heavy (non-hydrogen) atoms. The number of anilines is 2. The smallest absolute Gasteiger partial charge is 0.262 e. The number of benzene rings is 2. The van der Waals surface area contributed by atoms with E-state index in [1.807, 2.05) is 43.3 Å². The zero-order valence-electron chi connectivity index (χ0n) is 12.6. The monoisotopic (exact) mass is 372 g/mol. The van der Waals surface area contributed by atoms with Gasteiger partial charge in [0.05, 0.1) is 15.1 Å². The third-order valence-electron chi connectivity index (χ3n) is 3.00. The highest BCUT2D eigenvalue weighted by Gasteiger charge is 2.10. The Bertz CT molecular complexity index is 703. The highest BCUT2D eigenvalue weighted by molar-refractivity contribution is 6.43. The lowest BCUT2D eigenvalue weighted by atomic mass is 10.2. The molecule has 0 aliphatic rings. The first kappa shape index (κ1) is 17.7. The maximum absolute atomic E-state index is 11.9. The van der Waals surface area contributed by atoms with Crippen LogP contribution in [-0.2, 0) is 4.79 Å². The maximum Gasteiger partial charge on any atom is 0.262 e. The van der Waals surface area contributed by atoms with Crippen LogP contribution in [0.15, 0.2) is 36.4 Å². The number of hydrogen-bond donors (Lipinski definition) is 1. The molecule has 1 amide bonds. The molecule has 2 rings (SSSR count). The molecule has 0 radical (unpaired) electrons. The minimum absolute atomic E-state index is 0.187. The molecule has 2 aromatic rings. The van der Waals surface area contributed by atoms with Gasteiger partial charge < -0.3 is 15.0 Å². The van der Waals surface area contributed by atoms with Crippen molar-refractivity contribution in [3.8, 4) is 5.75 Å². The van der Waals surface area contributed by atoms with Gasteiger partial charge in [-0.2, -0.15) is 0 Å². The molecular weight excluding hydrogens is 359 g/mol. The summed E-state index contributed by atoms with van der Waals surface area (Å²) in [5, 5.41) is 3.67. The molecule has 0 atom stereocenters. The van der Waals surface area contributed by atoms with Crippen LogP contribution in [0.2, 0.25) is 15.1 Å². The Labute approximate surface area is 149 Å². The molecule has 0 fully saturated rings. The van der Waals surface area contributed by atoms with Gasteiger partial charge in [-0.1, -0.05) is 34.8 Å². The highest BCUT2D eigenvalue weighted by Crippen LogP contribution is 2.33. The largest absolute Gasteiger partial charge is 0.482 e. The van der Waals surface area contributed by atoms with E-state index < -0.39 is 0 Å². The first-order valence-electron chi connectivity index (χ1n) is 6.71. The van der Waals surface area contributed by atoms with E-state index in [9.17, 15) is 4.79 Å². The SMILES string of the molecule is CN(C)c1ccc(NC(=O)COc2cc(Cl)c(Cl)cc2Cl)cc1. The van der Waals surface area contributed by atoms with Crippen LogP contribution in [0, 0.1) is 0 Å². The number of rotatable bonds is 5. The lowest BCUT2D eigenvalue weighted by Gasteiger charge is -2.13. The Kier molecular flexibility index (Phi) is 5.99. The zero-order valence-corrected chi connectivity index (χ0v) is 14.8. The van der Waals surface area contributed by atoms with Crippen molar-refractivity contribution in [2.24, 2.45) is 0 Å². The van der Waals surface area contributed by atoms with Crippen LogP contribution in [0.5, 0.6) is 5.75 Å². The summed E-state index contributed by atoms with van der Waals surface area (Å²) < 4.78 is 5.37. The summed E-state index contributed by atoms with van der Waals surface area (Å²) in [4.78, 5) is 13.9. The number of carbonyl (C=O) groups excluding carboxylic acids is 1. The molecule has 0 spiro atoms. The molecule has 0 saturated heterocycles. The van der Waals surface area contributed by atoms with Crippen molar-refractivity contribution in [3.63, 3.8) is 0 Å². The number of carbonyl (C=O) groups is 1. The topological polar surface area (TPSA) is 41.6 Å². The third kappa shape index (κ3) is 4.93. The molecule has 2 aromatic carbocycles. The van der Waals surface area contributed by atoms with Crippen LogP contribution in [0.25, 0.3) is 0 Å². The Morgan fingerprint density at radius 1 is 1.04 bits per heavy atom. The fraction of sp³-hybridized carbons (Fsp3) is 0.188. The van der Waals surface area contributed by atoms with Crippen LogP contribution in [0.3, 0.4) is 0 Å². The molecule has 0 saturated carbocycles. The molecule has 0 aliphatic carbocycles. The quantitative estimate of drug-likeness (QED) is 0.770. The van der Waals surface area contributed by atoms with E-state index in [4.69, 9.17) is 39.5 Å². The second-order valence-corrected chi connectivity index (χ2v) is 6.20. The molecule has 0 aromatic heterocycles. The molecule has 0 heterocycles. The van der Waals surface area contributed by atoms with Crippen molar-refractivity contribution in [1.29, 1.82) is 0 Å². The van der Waals surface area contributed by atoms with Crippen molar-refractivity contribution in [2.75, 3.05) is 30.9 Å². The minimum Gasteiger partial charge on any atom is -0.482 e. The Morgan fingerprint density at radius 2 is 1.65 bits per heavy atom. The van der Waals surface area contributed by atoms with Gasteiger partial charge in [0, 0.05) is 31.5 Å². The molecule has 7 heteroatoms. The van der Waals surface area contributed by atoms with E-state index in [-0.39, 0.29) is 12.5 Å². The number of hydrogen-bond acceptors (Lipinski definition) is 3. The fourth-order valence-electron chi connectivity index (χ4n) is 1.80. The van der Waals surface area contributed by atoms with E-state index >= 15 is 0 Å². The fourth-order valence-corrected chi connectivity index (χ4v) is 2.39. The molecule has 1 N–H and O–H groups in total. The first-order chi connectivity index (χ1) is 10.9. The number of nitrogens with one attached hydrogen (secondary N) is 1. The summed E-state index contributed by atoms with van der Waals surface area (Å²) in [6.45, 7) is -0.187. The second kappa shape index (κ2) is 7.77. The van der Waals surface area contributed by atoms with Crippen LogP contribution in [-0.4, -0.2) is 26.6 Å². The predicted octanol–water partition coefficient (Wildman–Crippen LogP) is 4.73. The van der Waals surface area contributed by atoms with Crippen LogP contribution >= 0.6 is 34.8 Å². The second-order valence-electron chi connectivity index (χ2n) is 4.97. The highest BCUT2D eigenvalue weighted by atomic mass is 35.5. The Morgan fingerprint density at radius 3 is 2.26 bits per heavy atom. The van der Waals surface area contributed by atoms with Crippen LogP contribution in [0.4, 0.5) is 11.4 Å². The van der Waals surface area contributed by atoms with Gasteiger partial charge >= 0.3 is 0 Å². The zero-order chi connectivity index (χ0) is 17.0. The minimum atomic E-state index is -0.301. The summed E-state index contributed by atoms with van der Waals surface area (Å²) in [6.07, 6.45) is 0. The summed E-state index contributed by atoms with van der Waals surface area (Å²) in [7, 11) is 3.89. The van der Waals surface area contributed by atoms with Gasteiger partial charge in [0.2, 0.25) is 0 Å². The normalized spacial score (nSPS) is 10.3. The number of halogens is 3. The lowest BCUT2D eigenvalue weighted by molar-refractivity contribution is -0.118. The van der Waals surface area contributed by atoms with Crippen LogP contribution < -0.4 is 15.0 Å². The standard InChI is InChI=1S/C16H15Cl3N2O2/c1-21(2)11-5-3-10(4-6-11)20-16(22)9-23-15-8-13(18)12(17)7-14(15)19/h3-8H,9H2,1-2H3,(H,20,22). The molecule has 0 unspecified atom stereocenters. The average Bonchev–Trinajstić information content (AvgIpc) is 2.50. The Hall–Kier alpha value is -1.62. The lowest BCUT2D eigenvalue weighted by Crippen LogP contribution is -2.20. The summed E-state index contributed by atoms with van der Waals surface area (Å²) in [6, 6.07) is 10.4. The third-order valence-corrected chi connectivity index (χ3v) is 4.02. The van der Waals surface area contributed by atoms with Gasteiger partial charge in [-0.25, -0.2) is 0 Å². The van der Waals surface area contributed by atoms with Gasteiger partial charge in [-0.15, -0.1) is 0 Å². The van der Waals surface area contributed by atoms with Gasteiger partial charge in [-0.05, 0) is 30.3 Å². The van der Waals surface area contributed by atoms with Gasteiger partial charge in [0.1, 0.15) is 5.75 Å². The van der Waals surface area contributed by atoms with E-state index in [0.29, 0.717) is 26.5 Å². The van der Waals surface area contributed by atoms with Crippen LogP contribution in [0.1, 0.15) is 0 Å². The van der Waals surface area contributed by atoms with E-state index in [1.54, 1.807) is 0 Å². The van der Waals surface area contributed by atoms with Crippen molar-refractivity contribution < 1.29 is 9.53 Å². The molecule has 122 valence electrons. The number of amides is 1. The van der Waals surface area contributed by atoms with Crippen molar-refractivity contribution in [2.45, 2.75) is 0 Å². The summed E-state index contributed by atoms with van der Waals surface area (Å²) in [5.41, 5.74) is 1.73. The Balaban J connectivity index is 1.94. The van der Waals surface area contributed by atoms with Gasteiger partial charge in [-0.3, -0.25) is 4.79 Å². The number of ether oxygens (including phenoxy) is 1. The van der Waals surface area contributed by atoms with E-state index in [2.05, 4.69) is 5.32 Å². The number of nitrogens with zero attached hydrogens (tertiary/aromatic N) is 1. The van der Waals surface area contributed by atoms with Gasteiger partial charge in [0.15, 0.2) is 6.61 Å². The molecule has 0 bridgehead atoms. The van der Waals surface area contributed by atoms with Gasteiger partial charge in [0.25, 0.3) is 5.91 Å². The summed E-state index contributed by atoms with van der Waals surface area (Å²) >= 11 is 17.7. The van der Waals surface area contributed by atoms with Crippen molar-refractivity contribution >= 4 is 52.1 Å². The van der Waals surface area contributed by atoms with Crippen molar-refractivity contribution in [3.05, 3.63) is 51.5 Å². The molecule has 0 aliphatic heterocycles. The average molecular weight is 374 g/mol. The maximum atomic E-state index is 11.9. The first-order valence-corrected chi connectivity index (χ1v) is 7.85.